The first kappa shape index (κ1) is 19.1. The van der Waals surface area contributed by atoms with Gasteiger partial charge in [-0.15, -0.1) is 0 Å². The molecule has 1 atom stereocenters. The van der Waals surface area contributed by atoms with Crippen molar-refractivity contribution >= 4 is 5.57 Å². The van der Waals surface area contributed by atoms with Gasteiger partial charge in [-0.2, -0.15) is 0 Å². The van der Waals surface area contributed by atoms with Gasteiger partial charge in [-0.3, -0.25) is 0 Å². The lowest BCUT2D eigenvalue weighted by molar-refractivity contribution is 0.572. The van der Waals surface area contributed by atoms with Crippen molar-refractivity contribution in [2.45, 2.75) is 38.5 Å². The molecule has 0 amide bonds. The van der Waals surface area contributed by atoms with E-state index in [1.54, 1.807) is 0 Å². The van der Waals surface area contributed by atoms with Gasteiger partial charge in [-0.05, 0) is 52.2 Å². The predicted octanol–water partition coefficient (Wildman–Crippen LogP) is 6.53. The molecule has 0 radical (unpaired) electrons. The zero-order chi connectivity index (χ0) is 20.4. The summed E-state index contributed by atoms with van der Waals surface area (Å²) >= 11 is 0. The Balaban J connectivity index is 2.06. The number of fused-ring (bicyclic) bond motifs is 1. The lowest BCUT2D eigenvalue weighted by Gasteiger charge is -2.37. The number of hydrogen-bond acceptors (Lipinski definition) is 1. The molecule has 1 unspecified atom stereocenters. The Morgan fingerprint density at radius 3 is 2.31 bits per heavy atom. The van der Waals surface area contributed by atoms with E-state index >= 15 is 0 Å². The van der Waals surface area contributed by atoms with Crippen LogP contribution < -0.4 is 5.32 Å². The summed E-state index contributed by atoms with van der Waals surface area (Å²) in [5.74, 6) is 3.43. The van der Waals surface area contributed by atoms with Gasteiger partial charge in [0.15, 0.2) is 0 Å². The molecule has 1 nitrogen and oxygen atoms in total. The van der Waals surface area contributed by atoms with E-state index in [0.717, 1.165) is 36.1 Å². The minimum Gasteiger partial charge on any atom is -0.319 e. The largest absolute Gasteiger partial charge is 0.319 e. The summed E-state index contributed by atoms with van der Waals surface area (Å²) < 4.78 is 0. The van der Waals surface area contributed by atoms with E-state index in [0.29, 0.717) is 0 Å². The Bertz CT molecular complexity index is 1090. The van der Waals surface area contributed by atoms with Crippen LogP contribution in [0.1, 0.15) is 44.2 Å². The summed E-state index contributed by atoms with van der Waals surface area (Å²) in [6, 6.07) is 24.5. The minimum atomic E-state index is -0.208. The maximum atomic E-state index is 4.61. The van der Waals surface area contributed by atoms with Gasteiger partial charge >= 0.3 is 0 Å². The van der Waals surface area contributed by atoms with Crippen molar-refractivity contribution in [3.05, 3.63) is 113 Å². The van der Waals surface area contributed by atoms with Crippen LogP contribution in [0.5, 0.6) is 0 Å². The fraction of sp³-hybridized carbons (Fsp3) is 0.214. The molecule has 0 saturated carbocycles. The molecular formula is C28H27N. The number of rotatable bonds is 5. The van der Waals surface area contributed by atoms with Gasteiger partial charge in [0.2, 0.25) is 0 Å². The lowest BCUT2D eigenvalue weighted by Crippen LogP contribution is -2.29. The van der Waals surface area contributed by atoms with Crippen LogP contribution >= 0.6 is 0 Å². The van der Waals surface area contributed by atoms with E-state index in [1.165, 1.54) is 27.9 Å². The van der Waals surface area contributed by atoms with Crippen molar-refractivity contribution in [2.24, 2.45) is 0 Å². The second-order valence-electron chi connectivity index (χ2n) is 7.69. The predicted molar refractivity (Wildman–Crippen MR) is 123 cm³/mol. The number of allylic oxidation sites excluding steroid dienone is 5. The van der Waals surface area contributed by atoms with Crippen LogP contribution in [0, 0.1) is 12.0 Å². The molecule has 1 N–H and O–H groups in total. The smallest absolute Gasteiger partial charge is 0.0432 e. The van der Waals surface area contributed by atoms with E-state index in [4.69, 9.17) is 0 Å². The molecule has 0 fully saturated rings. The van der Waals surface area contributed by atoms with Gasteiger partial charge in [-0.25, -0.2) is 0 Å². The Labute approximate surface area is 174 Å². The second kappa shape index (κ2) is 7.64. The molecule has 1 aliphatic carbocycles. The third-order valence-corrected chi connectivity index (χ3v) is 6.24. The average molecular weight is 378 g/mol. The maximum absolute atomic E-state index is 4.61. The first-order valence-electron chi connectivity index (χ1n) is 10.4. The van der Waals surface area contributed by atoms with Crippen LogP contribution in [0.4, 0.5) is 0 Å². The standard InChI is InChI=1S/C28H27N/c1-5-26-24-17-18-29-20(3)19-25(24)27(21(4)22-13-9-7-10-14-22)28(26,6-2)23-15-11-8-12-16-23/h7-16,29H,3-6,19H2,1-2H3. The summed E-state index contributed by atoms with van der Waals surface area (Å²) in [6.07, 6.45) is 2.68. The third kappa shape index (κ3) is 2.97. The minimum absolute atomic E-state index is 0.208. The highest BCUT2D eigenvalue weighted by atomic mass is 14.8. The first-order chi connectivity index (χ1) is 14.1. The van der Waals surface area contributed by atoms with Gasteiger partial charge in [0.1, 0.15) is 0 Å². The van der Waals surface area contributed by atoms with Crippen LogP contribution in [0.2, 0.25) is 0 Å². The Morgan fingerprint density at radius 2 is 1.69 bits per heavy atom. The quantitative estimate of drug-likeness (QED) is 0.584. The molecule has 2 aromatic rings. The fourth-order valence-electron chi connectivity index (χ4n) is 5.03. The van der Waals surface area contributed by atoms with Gasteiger partial charge < -0.3 is 5.32 Å². The normalized spacial score (nSPS) is 20.6. The van der Waals surface area contributed by atoms with Crippen molar-refractivity contribution in [2.75, 3.05) is 0 Å². The Morgan fingerprint density at radius 1 is 1.03 bits per heavy atom. The van der Waals surface area contributed by atoms with E-state index in [9.17, 15) is 0 Å². The van der Waals surface area contributed by atoms with E-state index in [2.05, 4.69) is 105 Å². The van der Waals surface area contributed by atoms with Gasteiger partial charge in [-0.1, -0.05) is 87.7 Å². The molecule has 144 valence electrons. The van der Waals surface area contributed by atoms with Crippen molar-refractivity contribution in [1.29, 1.82) is 0 Å². The van der Waals surface area contributed by atoms with Crippen molar-refractivity contribution < 1.29 is 0 Å². The van der Waals surface area contributed by atoms with Crippen molar-refractivity contribution in [3.63, 3.8) is 0 Å². The Hall–Kier alpha value is -3.24. The monoisotopic (exact) mass is 377 g/mol. The number of hydrogen-bond donors (Lipinski definition) is 1. The van der Waals surface area contributed by atoms with E-state index in [1.807, 2.05) is 0 Å². The summed E-state index contributed by atoms with van der Waals surface area (Å²) in [7, 11) is 0. The molecule has 2 aromatic carbocycles. The van der Waals surface area contributed by atoms with E-state index < -0.39 is 0 Å². The number of benzene rings is 2. The molecule has 0 spiro atoms. The molecule has 1 heterocycles. The Kier molecular flexibility index (Phi) is 5.03. The molecule has 0 saturated heterocycles. The van der Waals surface area contributed by atoms with Crippen molar-refractivity contribution in [1.82, 2.24) is 5.32 Å². The maximum Gasteiger partial charge on any atom is 0.0432 e. The van der Waals surface area contributed by atoms with Crippen LogP contribution in [0.15, 0.2) is 102 Å². The zero-order valence-corrected chi connectivity index (χ0v) is 17.3. The molecule has 4 rings (SSSR count). The molecule has 1 aliphatic heterocycles. The van der Waals surface area contributed by atoms with Crippen LogP contribution in [-0.4, -0.2) is 0 Å². The molecule has 0 aromatic heterocycles. The first-order valence-corrected chi connectivity index (χ1v) is 10.4. The van der Waals surface area contributed by atoms with E-state index in [-0.39, 0.29) is 5.41 Å². The molecule has 29 heavy (non-hydrogen) atoms. The van der Waals surface area contributed by atoms with Crippen LogP contribution in [0.25, 0.3) is 5.57 Å². The van der Waals surface area contributed by atoms with Crippen LogP contribution in [-0.2, 0) is 5.41 Å². The fourth-order valence-corrected chi connectivity index (χ4v) is 5.03. The zero-order valence-electron chi connectivity index (χ0n) is 17.3. The molecular weight excluding hydrogens is 350 g/mol. The van der Waals surface area contributed by atoms with Gasteiger partial charge in [0.05, 0.1) is 0 Å². The topological polar surface area (TPSA) is 12.0 Å². The number of nitrogens with one attached hydrogen (secondary N) is 1. The average Bonchev–Trinajstić information content (AvgIpc) is 2.89. The summed E-state index contributed by atoms with van der Waals surface area (Å²) in [4.78, 5) is 0. The molecule has 2 aliphatic rings. The summed E-state index contributed by atoms with van der Waals surface area (Å²) in [6.45, 7) is 13.3. The second-order valence-corrected chi connectivity index (χ2v) is 7.69. The SMILES string of the molecule is C=C1CC2=C(C(=C)c3ccccc3)C(CC)(c3ccccc3)C(CC)=C2C#CN1. The summed E-state index contributed by atoms with van der Waals surface area (Å²) in [5.41, 5.74) is 9.47. The van der Waals surface area contributed by atoms with Gasteiger partial charge in [0.25, 0.3) is 0 Å². The molecule has 1 heteroatoms. The highest BCUT2D eigenvalue weighted by molar-refractivity contribution is 5.88. The molecule has 0 bridgehead atoms. The third-order valence-electron chi connectivity index (χ3n) is 6.24. The van der Waals surface area contributed by atoms with Gasteiger partial charge in [0, 0.05) is 29.2 Å². The highest BCUT2D eigenvalue weighted by Gasteiger charge is 2.47. The van der Waals surface area contributed by atoms with Crippen molar-refractivity contribution in [3.8, 4) is 12.0 Å². The summed E-state index contributed by atoms with van der Waals surface area (Å²) in [5, 5.41) is 3.15. The van der Waals surface area contributed by atoms with Crippen LogP contribution in [0.3, 0.4) is 0 Å². The highest BCUT2D eigenvalue weighted by Crippen LogP contribution is 2.57. The lowest BCUT2D eigenvalue weighted by atomic mass is 9.65.